The molecule has 0 heterocycles. The average Bonchev–Trinajstić information content (AvgIpc) is 2.36. The zero-order valence-corrected chi connectivity index (χ0v) is 11.6. The van der Waals surface area contributed by atoms with Crippen LogP contribution in [0.3, 0.4) is 0 Å². The van der Waals surface area contributed by atoms with Crippen LogP contribution in [-0.2, 0) is 0 Å². The van der Waals surface area contributed by atoms with Crippen molar-refractivity contribution in [2.75, 3.05) is 20.1 Å². The van der Waals surface area contributed by atoms with Gasteiger partial charge in [-0.1, -0.05) is 6.92 Å². The molecule has 1 fully saturated rings. The van der Waals surface area contributed by atoms with Crippen molar-refractivity contribution in [3.8, 4) is 6.07 Å². The maximum absolute atomic E-state index is 8.83. The van der Waals surface area contributed by atoms with Gasteiger partial charge in [0.1, 0.15) is 0 Å². The summed E-state index contributed by atoms with van der Waals surface area (Å²) in [5.41, 5.74) is 0. The van der Waals surface area contributed by atoms with E-state index in [0.29, 0.717) is 6.04 Å². The second-order valence-corrected chi connectivity index (χ2v) is 5.43. The standard InChI is InChI=1S/C14H27N3/c1-4-9-16-13-5-7-14(8-6-13)17(3)11-12(2)10-15/h12-14,16H,4-9,11H2,1-3H3. The van der Waals surface area contributed by atoms with Gasteiger partial charge >= 0.3 is 0 Å². The van der Waals surface area contributed by atoms with E-state index < -0.39 is 0 Å². The van der Waals surface area contributed by atoms with Gasteiger partial charge in [0.15, 0.2) is 0 Å². The number of rotatable bonds is 6. The first kappa shape index (κ1) is 14.5. The molecule has 0 saturated heterocycles. The van der Waals surface area contributed by atoms with Crippen molar-refractivity contribution in [2.45, 2.75) is 58.0 Å². The van der Waals surface area contributed by atoms with Crippen molar-refractivity contribution in [3.05, 3.63) is 0 Å². The minimum Gasteiger partial charge on any atom is -0.314 e. The summed E-state index contributed by atoms with van der Waals surface area (Å²) in [5.74, 6) is 0.149. The molecule has 1 saturated carbocycles. The predicted molar refractivity (Wildman–Crippen MR) is 71.7 cm³/mol. The molecular formula is C14H27N3. The Morgan fingerprint density at radius 3 is 2.53 bits per heavy atom. The van der Waals surface area contributed by atoms with E-state index in [9.17, 15) is 0 Å². The highest BCUT2D eigenvalue weighted by Gasteiger charge is 2.24. The van der Waals surface area contributed by atoms with Crippen LogP contribution in [0.2, 0.25) is 0 Å². The maximum Gasteiger partial charge on any atom is 0.0666 e. The van der Waals surface area contributed by atoms with E-state index in [1.165, 1.54) is 32.1 Å². The third-order valence-corrected chi connectivity index (χ3v) is 3.79. The van der Waals surface area contributed by atoms with E-state index in [0.717, 1.165) is 19.1 Å². The Morgan fingerprint density at radius 2 is 2.00 bits per heavy atom. The van der Waals surface area contributed by atoms with Gasteiger partial charge in [0.25, 0.3) is 0 Å². The highest BCUT2D eigenvalue weighted by molar-refractivity contribution is 4.86. The number of nitrogens with zero attached hydrogens (tertiary/aromatic N) is 2. The molecule has 0 aromatic carbocycles. The van der Waals surface area contributed by atoms with E-state index in [4.69, 9.17) is 5.26 Å². The Balaban J connectivity index is 2.24. The molecule has 3 heteroatoms. The zero-order valence-electron chi connectivity index (χ0n) is 11.6. The molecular weight excluding hydrogens is 210 g/mol. The Hall–Kier alpha value is -0.590. The van der Waals surface area contributed by atoms with Crippen molar-refractivity contribution in [1.82, 2.24) is 10.2 Å². The van der Waals surface area contributed by atoms with E-state index in [-0.39, 0.29) is 5.92 Å². The summed E-state index contributed by atoms with van der Waals surface area (Å²) >= 11 is 0. The minimum atomic E-state index is 0.149. The SMILES string of the molecule is CCCNC1CCC(N(C)CC(C)C#N)CC1. The first-order valence-electron chi connectivity index (χ1n) is 7.00. The first-order chi connectivity index (χ1) is 8.17. The molecule has 1 rings (SSSR count). The lowest BCUT2D eigenvalue weighted by Gasteiger charge is -2.35. The van der Waals surface area contributed by atoms with E-state index in [1.54, 1.807) is 0 Å². The lowest BCUT2D eigenvalue weighted by atomic mass is 9.90. The summed E-state index contributed by atoms with van der Waals surface area (Å²) in [7, 11) is 2.16. The van der Waals surface area contributed by atoms with Gasteiger partial charge in [-0.3, -0.25) is 0 Å². The van der Waals surface area contributed by atoms with Gasteiger partial charge < -0.3 is 10.2 Å². The summed E-state index contributed by atoms with van der Waals surface area (Å²) in [5, 5.41) is 12.4. The van der Waals surface area contributed by atoms with Gasteiger partial charge in [0.2, 0.25) is 0 Å². The van der Waals surface area contributed by atoms with Crippen LogP contribution in [-0.4, -0.2) is 37.1 Å². The van der Waals surface area contributed by atoms with E-state index in [1.807, 2.05) is 6.92 Å². The highest BCUT2D eigenvalue weighted by atomic mass is 15.1. The number of nitriles is 1. The third kappa shape index (κ3) is 5.06. The summed E-state index contributed by atoms with van der Waals surface area (Å²) < 4.78 is 0. The molecule has 0 bridgehead atoms. The van der Waals surface area contributed by atoms with Gasteiger partial charge in [-0.15, -0.1) is 0 Å². The van der Waals surface area contributed by atoms with E-state index >= 15 is 0 Å². The van der Waals surface area contributed by atoms with Gasteiger partial charge in [-0.25, -0.2) is 0 Å². The normalized spacial score (nSPS) is 26.8. The fourth-order valence-corrected chi connectivity index (χ4v) is 2.69. The molecule has 1 aliphatic rings. The van der Waals surface area contributed by atoms with Crippen LogP contribution in [0.15, 0.2) is 0 Å². The van der Waals surface area contributed by atoms with Gasteiger partial charge in [-0.2, -0.15) is 5.26 Å². The molecule has 1 unspecified atom stereocenters. The van der Waals surface area contributed by atoms with Gasteiger partial charge in [0.05, 0.1) is 12.0 Å². The van der Waals surface area contributed by atoms with Crippen LogP contribution >= 0.6 is 0 Å². The number of nitrogens with one attached hydrogen (secondary N) is 1. The fourth-order valence-electron chi connectivity index (χ4n) is 2.69. The van der Waals surface area contributed by atoms with Crippen LogP contribution in [0, 0.1) is 17.2 Å². The lowest BCUT2D eigenvalue weighted by Crippen LogP contribution is -2.42. The lowest BCUT2D eigenvalue weighted by molar-refractivity contribution is 0.165. The molecule has 3 nitrogen and oxygen atoms in total. The Labute approximate surface area is 106 Å². The average molecular weight is 237 g/mol. The molecule has 98 valence electrons. The number of hydrogen-bond donors (Lipinski definition) is 1. The molecule has 0 radical (unpaired) electrons. The molecule has 1 atom stereocenters. The van der Waals surface area contributed by atoms with Crippen LogP contribution in [0.5, 0.6) is 0 Å². The zero-order chi connectivity index (χ0) is 12.7. The Kier molecular flexibility index (Phi) is 6.54. The second kappa shape index (κ2) is 7.68. The van der Waals surface area contributed by atoms with Crippen LogP contribution in [0.4, 0.5) is 0 Å². The third-order valence-electron chi connectivity index (χ3n) is 3.79. The van der Waals surface area contributed by atoms with Gasteiger partial charge in [0, 0.05) is 18.6 Å². The van der Waals surface area contributed by atoms with Crippen LogP contribution < -0.4 is 5.32 Å². The molecule has 1 aliphatic carbocycles. The summed E-state index contributed by atoms with van der Waals surface area (Å²) in [4.78, 5) is 2.38. The van der Waals surface area contributed by atoms with Crippen molar-refractivity contribution in [3.63, 3.8) is 0 Å². The first-order valence-corrected chi connectivity index (χ1v) is 7.00. The molecule has 0 spiro atoms. The Bertz CT molecular complexity index is 238. The summed E-state index contributed by atoms with van der Waals surface area (Å²) in [6.45, 7) is 6.28. The van der Waals surface area contributed by atoms with Crippen LogP contribution in [0.25, 0.3) is 0 Å². The van der Waals surface area contributed by atoms with Crippen LogP contribution in [0.1, 0.15) is 46.0 Å². The second-order valence-electron chi connectivity index (χ2n) is 5.43. The topological polar surface area (TPSA) is 39.1 Å². The minimum absolute atomic E-state index is 0.149. The van der Waals surface area contributed by atoms with E-state index in [2.05, 4.69) is 30.3 Å². The fraction of sp³-hybridized carbons (Fsp3) is 0.929. The Morgan fingerprint density at radius 1 is 1.35 bits per heavy atom. The van der Waals surface area contributed by atoms with Crippen molar-refractivity contribution in [1.29, 1.82) is 5.26 Å². The largest absolute Gasteiger partial charge is 0.314 e. The molecule has 1 N–H and O–H groups in total. The monoisotopic (exact) mass is 237 g/mol. The van der Waals surface area contributed by atoms with Gasteiger partial charge in [-0.05, 0) is 52.6 Å². The van der Waals surface area contributed by atoms with Crippen molar-refractivity contribution >= 4 is 0 Å². The highest BCUT2D eigenvalue weighted by Crippen LogP contribution is 2.22. The van der Waals surface area contributed by atoms with Crippen molar-refractivity contribution in [2.24, 2.45) is 5.92 Å². The molecule has 0 amide bonds. The quantitative estimate of drug-likeness (QED) is 0.771. The molecule has 0 aliphatic heterocycles. The summed E-state index contributed by atoms with van der Waals surface area (Å²) in [6, 6.07) is 3.73. The number of hydrogen-bond acceptors (Lipinski definition) is 3. The smallest absolute Gasteiger partial charge is 0.0666 e. The summed E-state index contributed by atoms with van der Waals surface area (Å²) in [6.07, 6.45) is 6.34. The molecule has 0 aromatic heterocycles. The predicted octanol–water partition coefficient (Wildman–Crippen LogP) is 2.39. The molecule has 17 heavy (non-hydrogen) atoms. The molecule has 0 aromatic rings. The van der Waals surface area contributed by atoms with Crippen molar-refractivity contribution < 1.29 is 0 Å². The maximum atomic E-state index is 8.83.